The molecule has 1 rings (SSSR count). The fourth-order valence-corrected chi connectivity index (χ4v) is 3.34. The third-order valence-electron chi connectivity index (χ3n) is 4.90. The highest BCUT2D eigenvalue weighted by Crippen LogP contribution is 2.34. The Morgan fingerprint density at radius 2 is 1.96 bits per heavy atom. The summed E-state index contributed by atoms with van der Waals surface area (Å²) in [5.74, 6) is -3.48. The molecule has 138 valence electrons. The normalized spacial score (nSPS) is 21.7. The number of carbonyl (C=O) groups is 2. The third kappa shape index (κ3) is 7.14. The van der Waals surface area contributed by atoms with Crippen LogP contribution < -0.4 is 0 Å². The van der Waals surface area contributed by atoms with Gasteiger partial charge in [0, 0.05) is 18.8 Å². The van der Waals surface area contributed by atoms with Crippen LogP contribution in [-0.2, 0) is 9.59 Å². The molecule has 0 bridgehead atoms. The van der Waals surface area contributed by atoms with Crippen LogP contribution >= 0.6 is 0 Å². The Bertz CT molecular complexity index is 427. The van der Waals surface area contributed by atoms with E-state index in [4.69, 9.17) is 5.11 Å². The van der Waals surface area contributed by atoms with E-state index >= 15 is 0 Å². The second-order valence-electron chi connectivity index (χ2n) is 6.92. The summed E-state index contributed by atoms with van der Waals surface area (Å²) in [7, 11) is 0. The van der Waals surface area contributed by atoms with Crippen molar-refractivity contribution < 1.29 is 24.9 Å². The minimum Gasteiger partial charge on any atom is -0.477 e. The number of unbranched alkanes of at least 4 members (excludes halogenated alkanes) is 5. The molecule has 3 N–H and O–H groups in total. The van der Waals surface area contributed by atoms with Gasteiger partial charge < -0.3 is 15.3 Å². The molecular formula is C19H32O5. The Morgan fingerprint density at radius 1 is 1.21 bits per heavy atom. The fraction of sp³-hybridized carbons (Fsp3) is 0.789. The number of carboxylic acid groups (broad SMARTS) is 1. The summed E-state index contributed by atoms with van der Waals surface area (Å²) >= 11 is 0. The number of hydrogen-bond acceptors (Lipinski definition) is 4. The van der Waals surface area contributed by atoms with Gasteiger partial charge in [-0.05, 0) is 38.0 Å². The van der Waals surface area contributed by atoms with Gasteiger partial charge in [-0.2, -0.15) is 0 Å². The Kier molecular flexibility index (Phi) is 9.22. The molecule has 5 nitrogen and oxygen atoms in total. The summed E-state index contributed by atoms with van der Waals surface area (Å²) in [5.41, 5.74) is 0. The summed E-state index contributed by atoms with van der Waals surface area (Å²) < 4.78 is 0. The van der Waals surface area contributed by atoms with Gasteiger partial charge in [0.1, 0.15) is 5.78 Å². The maximum absolute atomic E-state index is 12.0. The molecule has 1 aliphatic rings. The van der Waals surface area contributed by atoms with E-state index in [0.717, 1.165) is 25.7 Å². The van der Waals surface area contributed by atoms with Crippen LogP contribution in [0.15, 0.2) is 12.2 Å². The van der Waals surface area contributed by atoms with E-state index in [0.29, 0.717) is 31.0 Å². The first-order valence-corrected chi connectivity index (χ1v) is 9.26. The summed E-state index contributed by atoms with van der Waals surface area (Å²) in [6, 6.07) is 0. The van der Waals surface area contributed by atoms with Crippen molar-refractivity contribution in [3.05, 3.63) is 12.2 Å². The topological polar surface area (TPSA) is 94.8 Å². The van der Waals surface area contributed by atoms with Crippen LogP contribution in [0.3, 0.4) is 0 Å². The van der Waals surface area contributed by atoms with Crippen molar-refractivity contribution >= 4 is 11.8 Å². The third-order valence-corrected chi connectivity index (χ3v) is 4.90. The molecule has 0 spiro atoms. The minimum atomic E-state index is -2.63. The highest BCUT2D eigenvalue weighted by atomic mass is 16.5. The Labute approximate surface area is 144 Å². The number of aliphatic carboxylic acids is 1. The molecule has 1 fully saturated rings. The molecule has 0 aromatic heterocycles. The number of aliphatic hydroxyl groups is 2. The van der Waals surface area contributed by atoms with Gasteiger partial charge in [-0.15, -0.1) is 0 Å². The lowest BCUT2D eigenvalue weighted by atomic mass is 9.89. The van der Waals surface area contributed by atoms with Gasteiger partial charge in [-0.25, -0.2) is 4.79 Å². The number of ketones is 1. The number of Topliss-reactive ketones (excluding diaryl/α,β-unsaturated/α-hetero) is 1. The van der Waals surface area contributed by atoms with Crippen molar-refractivity contribution in [2.75, 3.05) is 0 Å². The molecule has 1 aliphatic carbocycles. The molecule has 2 atom stereocenters. The molecule has 0 heterocycles. The lowest BCUT2D eigenvalue weighted by Gasteiger charge is -2.17. The quantitative estimate of drug-likeness (QED) is 0.287. The van der Waals surface area contributed by atoms with E-state index in [-0.39, 0.29) is 12.3 Å². The molecule has 1 saturated carbocycles. The predicted octanol–water partition coefficient (Wildman–Crippen LogP) is 3.43. The molecule has 0 radical (unpaired) electrons. The monoisotopic (exact) mass is 340 g/mol. The highest BCUT2D eigenvalue weighted by Gasteiger charge is 2.33. The van der Waals surface area contributed by atoms with Gasteiger partial charge >= 0.3 is 5.97 Å². The average Bonchev–Trinajstić information content (AvgIpc) is 2.87. The fourth-order valence-electron chi connectivity index (χ4n) is 3.34. The van der Waals surface area contributed by atoms with Gasteiger partial charge in [0.25, 0.3) is 5.79 Å². The van der Waals surface area contributed by atoms with Crippen LogP contribution in [0, 0.1) is 11.8 Å². The largest absolute Gasteiger partial charge is 0.477 e. The average molecular weight is 340 g/mol. The van der Waals surface area contributed by atoms with Gasteiger partial charge in [0.05, 0.1) is 0 Å². The first-order valence-electron chi connectivity index (χ1n) is 9.26. The molecule has 0 unspecified atom stereocenters. The maximum Gasteiger partial charge on any atom is 0.364 e. The number of allylic oxidation sites excluding steroid dienone is 2. The molecule has 0 saturated heterocycles. The molecule has 0 aromatic rings. The maximum atomic E-state index is 12.0. The zero-order valence-corrected chi connectivity index (χ0v) is 14.7. The van der Waals surface area contributed by atoms with Crippen LogP contribution in [0.4, 0.5) is 0 Å². The van der Waals surface area contributed by atoms with E-state index in [1.165, 1.54) is 19.3 Å². The Hall–Kier alpha value is -1.20. The SMILES string of the molecule is CCCCC/C=C/[C@H]1CCC(=O)[C@@H]1CCCCCC(O)(O)C(=O)O. The molecular weight excluding hydrogens is 308 g/mol. The van der Waals surface area contributed by atoms with Crippen molar-refractivity contribution in [1.82, 2.24) is 0 Å². The van der Waals surface area contributed by atoms with Crippen molar-refractivity contribution in [1.29, 1.82) is 0 Å². The van der Waals surface area contributed by atoms with Gasteiger partial charge in [0.2, 0.25) is 0 Å². The molecule has 24 heavy (non-hydrogen) atoms. The summed E-state index contributed by atoms with van der Waals surface area (Å²) in [4.78, 5) is 22.6. The first kappa shape index (κ1) is 20.8. The summed E-state index contributed by atoms with van der Waals surface area (Å²) in [6.07, 6.45) is 13.3. The number of carboxylic acids is 1. The van der Waals surface area contributed by atoms with Crippen LogP contribution in [0.2, 0.25) is 0 Å². The van der Waals surface area contributed by atoms with Crippen LogP contribution in [0.1, 0.15) is 77.6 Å². The van der Waals surface area contributed by atoms with Crippen LogP contribution in [0.25, 0.3) is 0 Å². The van der Waals surface area contributed by atoms with E-state index in [2.05, 4.69) is 19.1 Å². The second kappa shape index (κ2) is 10.6. The predicted molar refractivity (Wildman–Crippen MR) is 92.4 cm³/mol. The van der Waals surface area contributed by atoms with Gasteiger partial charge in [-0.1, -0.05) is 44.8 Å². The Morgan fingerprint density at radius 3 is 2.62 bits per heavy atom. The molecule has 5 heteroatoms. The molecule has 0 amide bonds. The summed E-state index contributed by atoms with van der Waals surface area (Å²) in [6.45, 7) is 2.18. The zero-order chi connectivity index (χ0) is 18.0. The number of hydrogen-bond donors (Lipinski definition) is 3. The van der Waals surface area contributed by atoms with Crippen molar-refractivity contribution in [2.24, 2.45) is 11.8 Å². The standard InChI is InChI=1S/C19H32O5/c1-2-3-4-5-7-10-15-12-13-17(20)16(15)11-8-6-9-14-19(23,24)18(21)22/h7,10,15-16,23-24H,2-6,8-9,11-14H2,1H3,(H,21,22)/b10-7+/t15-,16+/m0/s1. The van der Waals surface area contributed by atoms with Gasteiger partial charge in [0.15, 0.2) is 0 Å². The lowest BCUT2D eigenvalue weighted by Crippen LogP contribution is -2.37. The van der Waals surface area contributed by atoms with Crippen molar-refractivity contribution in [3.63, 3.8) is 0 Å². The summed E-state index contributed by atoms with van der Waals surface area (Å²) in [5, 5.41) is 27.1. The van der Waals surface area contributed by atoms with Crippen LogP contribution in [0.5, 0.6) is 0 Å². The van der Waals surface area contributed by atoms with Gasteiger partial charge in [-0.3, -0.25) is 4.79 Å². The number of rotatable bonds is 12. The van der Waals surface area contributed by atoms with E-state index in [1.807, 2.05) is 0 Å². The smallest absolute Gasteiger partial charge is 0.364 e. The van der Waals surface area contributed by atoms with E-state index < -0.39 is 11.8 Å². The van der Waals surface area contributed by atoms with E-state index in [1.54, 1.807) is 0 Å². The lowest BCUT2D eigenvalue weighted by molar-refractivity contribution is -0.205. The highest BCUT2D eigenvalue weighted by molar-refractivity contribution is 5.83. The van der Waals surface area contributed by atoms with Crippen molar-refractivity contribution in [2.45, 2.75) is 83.3 Å². The van der Waals surface area contributed by atoms with E-state index in [9.17, 15) is 19.8 Å². The van der Waals surface area contributed by atoms with Crippen molar-refractivity contribution in [3.8, 4) is 0 Å². The Balaban J connectivity index is 2.28. The van der Waals surface area contributed by atoms with Crippen LogP contribution in [-0.4, -0.2) is 32.9 Å². The minimum absolute atomic E-state index is 0.0832. The second-order valence-corrected chi connectivity index (χ2v) is 6.92. The first-order chi connectivity index (χ1) is 11.4. The molecule has 0 aliphatic heterocycles. The number of carbonyl (C=O) groups excluding carboxylic acids is 1. The zero-order valence-electron chi connectivity index (χ0n) is 14.7. The molecule has 0 aromatic carbocycles.